The molecule has 3 aromatic carbocycles. The molecule has 0 saturated carbocycles. The smallest absolute Gasteiger partial charge is 0.265 e. The number of carbonyl (C=O) groups is 1. The van der Waals surface area contributed by atoms with Crippen LogP contribution < -0.4 is 0 Å². The van der Waals surface area contributed by atoms with Gasteiger partial charge in [0.2, 0.25) is 5.78 Å². The summed E-state index contributed by atoms with van der Waals surface area (Å²) < 4.78 is 46.8. The number of ketones is 1. The number of rotatable bonds is 5. The molecule has 0 spiro atoms. The third kappa shape index (κ3) is 3.25. The van der Waals surface area contributed by atoms with E-state index >= 15 is 0 Å². The van der Waals surface area contributed by atoms with Crippen molar-refractivity contribution in [2.24, 2.45) is 0 Å². The lowest BCUT2D eigenvalue weighted by Crippen LogP contribution is -2.35. The fraction of sp³-hybridized carbons (Fsp3) is 0.174. The predicted molar refractivity (Wildman–Crippen MR) is 113 cm³/mol. The van der Waals surface area contributed by atoms with Crippen LogP contribution in [0.4, 0.5) is 4.39 Å². The van der Waals surface area contributed by atoms with Crippen molar-refractivity contribution in [3.05, 3.63) is 83.3 Å². The van der Waals surface area contributed by atoms with E-state index in [4.69, 9.17) is 4.74 Å². The Morgan fingerprint density at radius 2 is 1.77 bits per heavy atom. The highest BCUT2D eigenvalue weighted by atomic mass is 32.2. The van der Waals surface area contributed by atoms with Crippen LogP contribution in [0, 0.1) is 5.82 Å². The van der Waals surface area contributed by atoms with Gasteiger partial charge < -0.3 is 4.74 Å². The Balaban J connectivity index is 1.95. The highest BCUT2D eigenvalue weighted by Crippen LogP contribution is 2.38. The highest BCUT2D eigenvalue weighted by Gasteiger charge is 2.39. The minimum Gasteiger partial charge on any atom is -0.491 e. The molecule has 4 rings (SSSR count). The first kappa shape index (κ1) is 20.1. The summed E-state index contributed by atoms with van der Waals surface area (Å²) in [5.74, 6) is -1.04. The Kier molecular flexibility index (Phi) is 5.07. The molecule has 1 aliphatic rings. The van der Waals surface area contributed by atoms with Crippen LogP contribution in [-0.4, -0.2) is 32.2 Å². The second kappa shape index (κ2) is 7.57. The molecule has 0 bridgehead atoms. The van der Waals surface area contributed by atoms with Gasteiger partial charge in [0, 0.05) is 18.2 Å². The molecule has 1 aliphatic heterocycles. The van der Waals surface area contributed by atoms with E-state index in [1.54, 1.807) is 18.2 Å². The van der Waals surface area contributed by atoms with Crippen molar-refractivity contribution in [3.8, 4) is 0 Å². The lowest BCUT2D eigenvalue weighted by molar-refractivity contribution is 0.101. The number of hydrogen-bond acceptors (Lipinski definition) is 4. The van der Waals surface area contributed by atoms with Crippen LogP contribution in [0.2, 0.25) is 0 Å². The van der Waals surface area contributed by atoms with Gasteiger partial charge in [0.1, 0.15) is 11.5 Å². The third-order valence-corrected chi connectivity index (χ3v) is 6.85. The van der Waals surface area contributed by atoms with Gasteiger partial charge in [-0.15, -0.1) is 0 Å². The molecule has 5 nitrogen and oxygen atoms in total. The molecule has 0 atom stereocenters. The van der Waals surface area contributed by atoms with Gasteiger partial charge in [0.15, 0.2) is 5.76 Å². The first-order chi connectivity index (χ1) is 14.3. The number of nitrogens with zero attached hydrogens (tertiary/aromatic N) is 1. The van der Waals surface area contributed by atoms with E-state index in [1.807, 2.05) is 31.2 Å². The molecule has 0 unspecified atom stereocenters. The molecule has 154 valence electrons. The van der Waals surface area contributed by atoms with E-state index in [1.165, 1.54) is 13.1 Å². The molecular weight excluding hydrogens is 405 g/mol. The first-order valence-electron chi connectivity index (χ1n) is 9.54. The van der Waals surface area contributed by atoms with Crippen LogP contribution in [0.3, 0.4) is 0 Å². The Morgan fingerprint density at radius 3 is 2.50 bits per heavy atom. The minimum atomic E-state index is -4.03. The van der Waals surface area contributed by atoms with Crippen molar-refractivity contribution < 1.29 is 22.3 Å². The van der Waals surface area contributed by atoms with Crippen molar-refractivity contribution in [2.45, 2.75) is 18.2 Å². The summed E-state index contributed by atoms with van der Waals surface area (Å²) in [7, 11) is -2.72. The average molecular weight is 425 g/mol. The van der Waals surface area contributed by atoms with Gasteiger partial charge in [0.05, 0.1) is 11.5 Å². The molecule has 0 aliphatic carbocycles. The number of sulfonamides is 1. The zero-order valence-electron chi connectivity index (χ0n) is 16.6. The Morgan fingerprint density at radius 1 is 1.03 bits per heavy atom. The van der Waals surface area contributed by atoms with Gasteiger partial charge in [-0.05, 0) is 41.5 Å². The summed E-state index contributed by atoms with van der Waals surface area (Å²) in [5, 5.41) is 1.82. The molecule has 0 aromatic heterocycles. The minimum absolute atomic E-state index is 0.0608. The highest BCUT2D eigenvalue weighted by molar-refractivity contribution is 7.89. The van der Waals surface area contributed by atoms with E-state index in [0.717, 1.165) is 27.2 Å². The van der Waals surface area contributed by atoms with Crippen molar-refractivity contribution in [1.29, 1.82) is 0 Å². The van der Waals surface area contributed by atoms with E-state index in [2.05, 4.69) is 0 Å². The fourth-order valence-corrected chi connectivity index (χ4v) is 4.88. The van der Waals surface area contributed by atoms with Gasteiger partial charge in [-0.25, -0.2) is 12.8 Å². The molecular formula is C23H20FNO4S. The third-order valence-electron chi connectivity index (χ3n) is 5.03. The number of ether oxygens (including phenoxy) is 1. The Hall–Kier alpha value is -3.19. The van der Waals surface area contributed by atoms with Crippen LogP contribution in [0.5, 0.6) is 0 Å². The molecule has 0 fully saturated rings. The molecule has 0 saturated heterocycles. The number of benzene rings is 3. The standard InChI is InChI=1S/C23H20FNO4S/c1-3-12-29-23-19-14-18(24)10-11-20(19)30(27,28)25(2)21(23)22(26)17-9-8-15-6-4-5-7-16(15)13-17/h4-11,13-14H,3,12H2,1-2H3. The molecule has 0 amide bonds. The number of carbonyl (C=O) groups excluding carboxylic acids is 1. The second-order valence-corrected chi connectivity index (χ2v) is 8.97. The molecule has 1 heterocycles. The number of Topliss-reactive ketones (excluding diaryl/α,β-unsaturated/α-hetero) is 1. The quantitative estimate of drug-likeness (QED) is 0.561. The number of halogens is 1. The summed E-state index contributed by atoms with van der Waals surface area (Å²) in [4.78, 5) is 13.4. The number of hydrogen-bond donors (Lipinski definition) is 0. The number of fused-ring (bicyclic) bond motifs is 2. The van der Waals surface area contributed by atoms with Crippen LogP contribution in [0.15, 0.2) is 71.3 Å². The van der Waals surface area contributed by atoms with Gasteiger partial charge in [-0.2, -0.15) is 0 Å². The average Bonchev–Trinajstić information content (AvgIpc) is 2.74. The summed E-state index contributed by atoms with van der Waals surface area (Å²) in [5.41, 5.74) is 0.255. The van der Waals surface area contributed by atoms with Crippen molar-refractivity contribution in [1.82, 2.24) is 4.31 Å². The Bertz CT molecular complexity index is 1300. The first-order valence-corrected chi connectivity index (χ1v) is 11.0. The molecule has 0 N–H and O–H groups in total. The van der Waals surface area contributed by atoms with Crippen molar-refractivity contribution in [2.75, 3.05) is 13.7 Å². The lowest BCUT2D eigenvalue weighted by atomic mass is 10.0. The normalized spacial score (nSPS) is 15.2. The van der Waals surface area contributed by atoms with E-state index < -0.39 is 21.6 Å². The topological polar surface area (TPSA) is 63.7 Å². The van der Waals surface area contributed by atoms with Gasteiger partial charge >= 0.3 is 0 Å². The lowest BCUT2D eigenvalue weighted by Gasteiger charge is -2.30. The molecule has 30 heavy (non-hydrogen) atoms. The largest absolute Gasteiger partial charge is 0.491 e. The van der Waals surface area contributed by atoms with Crippen LogP contribution in [-0.2, 0) is 14.8 Å². The SMILES string of the molecule is CCCOC1=C(C(=O)c2ccc3ccccc3c2)N(C)S(=O)(=O)c2ccc(F)cc21. The van der Waals surface area contributed by atoms with E-state index in [9.17, 15) is 17.6 Å². The van der Waals surface area contributed by atoms with Crippen molar-refractivity contribution in [3.63, 3.8) is 0 Å². The van der Waals surface area contributed by atoms with Crippen LogP contribution in [0.25, 0.3) is 16.5 Å². The maximum atomic E-state index is 14.0. The number of allylic oxidation sites excluding steroid dienone is 1. The molecule has 0 radical (unpaired) electrons. The Labute approximate surface area is 174 Å². The maximum absolute atomic E-state index is 14.0. The van der Waals surface area contributed by atoms with Gasteiger partial charge in [0.25, 0.3) is 10.0 Å². The van der Waals surface area contributed by atoms with E-state index in [-0.39, 0.29) is 28.5 Å². The van der Waals surface area contributed by atoms with E-state index in [0.29, 0.717) is 12.0 Å². The molecule has 3 aromatic rings. The summed E-state index contributed by atoms with van der Waals surface area (Å²) >= 11 is 0. The molecule has 7 heteroatoms. The van der Waals surface area contributed by atoms with Gasteiger partial charge in [-0.1, -0.05) is 43.3 Å². The predicted octanol–water partition coefficient (Wildman–Crippen LogP) is 4.59. The fourth-order valence-electron chi connectivity index (χ4n) is 3.51. The summed E-state index contributed by atoms with van der Waals surface area (Å²) in [6, 6.07) is 16.1. The van der Waals surface area contributed by atoms with Crippen LogP contribution >= 0.6 is 0 Å². The monoisotopic (exact) mass is 425 g/mol. The summed E-state index contributed by atoms with van der Waals surface area (Å²) in [6.07, 6.45) is 0.641. The summed E-state index contributed by atoms with van der Waals surface area (Å²) in [6.45, 7) is 2.15. The zero-order valence-corrected chi connectivity index (χ0v) is 17.4. The number of likely N-dealkylation sites (N-methyl/N-ethyl adjacent to an activating group) is 1. The van der Waals surface area contributed by atoms with Gasteiger partial charge in [-0.3, -0.25) is 9.10 Å². The van der Waals surface area contributed by atoms with Crippen LogP contribution in [0.1, 0.15) is 29.3 Å². The zero-order chi connectivity index (χ0) is 21.5. The maximum Gasteiger partial charge on any atom is 0.265 e. The van der Waals surface area contributed by atoms with Crippen molar-refractivity contribution >= 4 is 32.3 Å². The second-order valence-electron chi connectivity index (χ2n) is 7.03.